The molecule has 54 heavy (non-hydrogen) atoms. The smallest absolute Gasteiger partial charge is 0.311 e. The monoisotopic (exact) mass is 751 g/mol. The highest BCUT2D eigenvalue weighted by Gasteiger charge is 2.59. The summed E-state index contributed by atoms with van der Waals surface area (Å²) in [6.07, 6.45) is 20.6. The molecule has 8 unspecified atom stereocenters. The summed E-state index contributed by atoms with van der Waals surface area (Å²) in [5.74, 6) is 3.83. The van der Waals surface area contributed by atoms with Crippen molar-refractivity contribution in [2.75, 3.05) is 19.7 Å². The Morgan fingerprint density at radius 2 is 1.67 bits per heavy atom. The molecule has 0 radical (unpaired) electrons. The molecule has 3 saturated carbocycles. The van der Waals surface area contributed by atoms with E-state index in [1.165, 1.54) is 63.5 Å². The van der Waals surface area contributed by atoms with Gasteiger partial charge >= 0.3 is 5.97 Å². The maximum absolute atomic E-state index is 13.7. The van der Waals surface area contributed by atoms with Crippen LogP contribution in [-0.2, 0) is 28.7 Å². The Hall–Kier alpha value is -2.48. The van der Waals surface area contributed by atoms with Crippen molar-refractivity contribution in [3.63, 3.8) is 0 Å². The second-order valence-electron chi connectivity index (χ2n) is 20.2. The van der Waals surface area contributed by atoms with Gasteiger partial charge < -0.3 is 14.8 Å². The van der Waals surface area contributed by atoms with Crippen molar-refractivity contribution in [2.24, 2.45) is 51.8 Å². The first-order valence-electron chi connectivity index (χ1n) is 21.7. The van der Waals surface area contributed by atoms with Crippen LogP contribution in [0.1, 0.15) is 159 Å². The molecule has 1 N–H and O–H groups in total. The molecule has 0 saturated heterocycles. The summed E-state index contributed by atoms with van der Waals surface area (Å²) in [4.78, 5) is 50.6. The van der Waals surface area contributed by atoms with E-state index in [1.54, 1.807) is 5.57 Å². The molecule has 0 bridgehead atoms. The van der Waals surface area contributed by atoms with Crippen molar-refractivity contribution in [2.45, 2.75) is 170 Å². The normalized spacial score (nSPS) is 31.6. The second kappa shape index (κ2) is 17.3. The van der Waals surface area contributed by atoms with Gasteiger partial charge in [0.2, 0.25) is 5.91 Å². The Kier molecular flexibility index (Phi) is 13.7. The van der Waals surface area contributed by atoms with Gasteiger partial charge in [0, 0.05) is 38.3 Å². The van der Waals surface area contributed by atoms with Crippen LogP contribution in [0.15, 0.2) is 23.8 Å². The van der Waals surface area contributed by atoms with E-state index in [9.17, 15) is 19.2 Å². The van der Waals surface area contributed by atoms with E-state index in [4.69, 9.17) is 9.47 Å². The van der Waals surface area contributed by atoms with Gasteiger partial charge in [-0.25, -0.2) is 0 Å². The van der Waals surface area contributed by atoms with Gasteiger partial charge in [-0.1, -0.05) is 65.5 Å². The average Bonchev–Trinajstić information content (AvgIpc) is 3.61. The lowest BCUT2D eigenvalue weighted by Crippen LogP contribution is -2.51. The largest absolute Gasteiger partial charge is 0.462 e. The van der Waals surface area contributed by atoms with Crippen molar-refractivity contribution in [3.05, 3.63) is 23.8 Å². The van der Waals surface area contributed by atoms with Crippen molar-refractivity contribution in [3.8, 4) is 0 Å². The van der Waals surface area contributed by atoms with E-state index < -0.39 is 11.0 Å². The standard InChI is InChI=1S/C46H74N2O6/c1-31(2)12-10-13-32(3)36-19-20-37-35-18-16-33-15-17-34(30-46(33,9)38(35)23-24-45(36,37)8)54-42(52)43(4,5)26-29-53-44(6,7)25-27-47-39(49)14-11-28-48-40(50)21-22-41(48)51/h16,21-22,31-32,34-38H,10-15,17-20,23-30H2,1-9H3,(H,47,49). The number of nitrogens with one attached hydrogen (secondary N) is 1. The molecule has 8 nitrogen and oxygen atoms in total. The zero-order valence-electron chi connectivity index (χ0n) is 35.4. The molecule has 0 spiro atoms. The Morgan fingerprint density at radius 3 is 2.37 bits per heavy atom. The van der Waals surface area contributed by atoms with Gasteiger partial charge in [0.15, 0.2) is 0 Å². The highest BCUT2D eigenvalue weighted by atomic mass is 16.5. The van der Waals surface area contributed by atoms with Crippen LogP contribution in [0.25, 0.3) is 0 Å². The van der Waals surface area contributed by atoms with Crippen molar-refractivity contribution in [1.82, 2.24) is 10.2 Å². The molecule has 8 heteroatoms. The Bertz CT molecular complexity index is 1410. The Morgan fingerprint density at radius 1 is 0.944 bits per heavy atom. The maximum atomic E-state index is 13.7. The fourth-order valence-corrected chi connectivity index (χ4v) is 11.6. The first-order valence-corrected chi connectivity index (χ1v) is 21.7. The third-order valence-electron chi connectivity index (χ3n) is 15.0. The maximum Gasteiger partial charge on any atom is 0.311 e. The molecule has 3 fully saturated rings. The van der Waals surface area contributed by atoms with Gasteiger partial charge in [-0.05, 0) is 145 Å². The van der Waals surface area contributed by atoms with Crippen LogP contribution in [0.5, 0.6) is 0 Å². The lowest BCUT2D eigenvalue weighted by molar-refractivity contribution is -0.166. The molecular weight excluding hydrogens is 677 g/mol. The van der Waals surface area contributed by atoms with Crippen LogP contribution in [0.2, 0.25) is 0 Å². The number of rotatable bonds is 18. The molecular formula is C46H74N2O6. The molecule has 1 aliphatic heterocycles. The van der Waals surface area contributed by atoms with Gasteiger partial charge in [-0.15, -0.1) is 0 Å². The quantitative estimate of drug-likeness (QED) is 0.0852. The second-order valence-corrected chi connectivity index (χ2v) is 20.2. The number of imide groups is 1. The van der Waals surface area contributed by atoms with Crippen LogP contribution in [0, 0.1) is 51.8 Å². The van der Waals surface area contributed by atoms with Crippen LogP contribution in [0.3, 0.4) is 0 Å². The minimum atomic E-state index is -0.665. The lowest BCUT2D eigenvalue weighted by Gasteiger charge is -2.58. The molecule has 1 heterocycles. The third-order valence-corrected chi connectivity index (χ3v) is 15.0. The molecule has 5 aliphatic rings. The molecule has 0 aromatic rings. The van der Waals surface area contributed by atoms with Gasteiger partial charge in [0.1, 0.15) is 6.10 Å². The summed E-state index contributed by atoms with van der Waals surface area (Å²) in [6, 6.07) is 0. The molecule has 5 rings (SSSR count). The van der Waals surface area contributed by atoms with Crippen LogP contribution in [-0.4, -0.2) is 60.0 Å². The van der Waals surface area contributed by atoms with Gasteiger partial charge in [0.25, 0.3) is 11.8 Å². The minimum absolute atomic E-state index is 0.0442. The number of fused-ring (bicyclic) bond motifs is 5. The number of hydrogen-bond acceptors (Lipinski definition) is 6. The number of nitrogens with zero attached hydrogens (tertiary/aromatic N) is 1. The highest BCUT2D eigenvalue weighted by Crippen LogP contribution is 2.67. The van der Waals surface area contributed by atoms with E-state index in [0.29, 0.717) is 43.7 Å². The van der Waals surface area contributed by atoms with Crippen LogP contribution in [0.4, 0.5) is 0 Å². The average molecular weight is 751 g/mol. The van der Waals surface area contributed by atoms with Gasteiger partial charge in [0.05, 0.1) is 11.0 Å². The topological polar surface area (TPSA) is 102 Å². The Labute approximate surface area is 327 Å². The number of allylic oxidation sites excluding steroid dienone is 2. The summed E-state index contributed by atoms with van der Waals surface area (Å²) in [7, 11) is 0. The molecule has 0 aromatic heterocycles. The van der Waals surface area contributed by atoms with Crippen molar-refractivity contribution in [1.29, 1.82) is 0 Å². The SMILES string of the molecule is CC(C)CCCC(C)C1CCC2C3CC=C4CCC(OC(=O)C(C)(C)CCOC(C)(C)CCNC(=O)CCCN5C(=O)C=CC5=O)CC4(C)C3CCC12C. The zero-order valence-corrected chi connectivity index (χ0v) is 35.4. The number of hydrogen-bond donors (Lipinski definition) is 1. The molecule has 0 aromatic carbocycles. The fraction of sp³-hybridized carbons (Fsp3) is 0.826. The molecule has 8 atom stereocenters. The molecule has 4 aliphatic carbocycles. The lowest BCUT2D eigenvalue weighted by atomic mass is 9.47. The summed E-state index contributed by atoms with van der Waals surface area (Å²) in [5, 5.41) is 2.92. The Balaban J connectivity index is 1.05. The van der Waals surface area contributed by atoms with Crippen LogP contribution >= 0.6 is 0 Å². The fourth-order valence-electron chi connectivity index (χ4n) is 11.6. The number of esters is 1. The van der Waals surface area contributed by atoms with E-state index in [-0.39, 0.29) is 48.2 Å². The van der Waals surface area contributed by atoms with E-state index in [0.717, 1.165) is 53.8 Å². The number of carbonyl (C=O) groups excluding carboxylic acids is 4. The number of carbonyl (C=O) groups is 4. The van der Waals surface area contributed by atoms with Crippen LogP contribution < -0.4 is 5.32 Å². The predicted molar refractivity (Wildman–Crippen MR) is 214 cm³/mol. The van der Waals surface area contributed by atoms with Gasteiger partial charge in [-0.3, -0.25) is 24.1 Å². The predicted octanol–water partition coefficient (Wildman–Crippen LogP) is 9.36. The first-order chi connectivity index (χ1) is 25.4. The first kappa shape index (κ1) is 42.7. The zero-order chi connectivity index (χ0) is 39.5. The van der Waals surface area contributed by atoms with Crippen molar-refractivity contribution >= 4 is 23.7 Å². The summed E-state index contributed by atoms with van der Waals surface area (Å²) < 4.78 is 12.6. The van der Waals surface area contributed by atoms with E-state index >= 15 is 0 Å². The number of ether oxygens (including phenoxy) is 2. The molecule has 304 valence electrons. The van der Waals surface area contributed by atoms with Crippen molar-refractivity contribution < 1.29 is 28.7 Å². The number of amides is 3. The van der Waals surface area contributed by atoms with Gasteiger partial charge in [-0.2, -0.15) is 0 Å². The summed E-state index contributed by atoms with van der Waals surface area (Å²) in [6.45, 7) is 21.5. The minimum Gasteiger partial charge on any atom is -0.462 e. The van der Waals surface area contributed by atoms with E-state index in [1.807, 2.05) is 27.7 Å². The van der Waals surface area contributed by atoms with E-state index in [2.05, 4.69) is 46.0 Å². The molecule has 3 amide bonds. The third kappa shape index (κ3) is 9.72. The summed E-state index contributed by atoms with van der Waals surface area (Å²) in [5.41, 5.74) is 1.07. The summed E-state index contributed by atoms with van der Waals surface area (Å²) >= 11 is 0. The highest BCUT2D eigenvalue weighted by molar-refractivity contribution is 6.12.